The Morgan fingerprint density at radius 1 is 1.27 bits per heavy atom. The maximum absolute atomic E-state index is 14.2. The minimum atomic E-state index is -1.07. The van der Waals surface area contributed by atoms with Crippen LogP contribution in [0.3, 0.4) is 0 Å². The molecule has 1 saturated heterocycles. The van der Waals surface area contributed by atoms with E-state index in [1.54, 1.807) is 18.7 Å². The highest BCUT2D eigenvalue weighted by molar-refractivity contribution is 5.96. The van der Waals surface area contributed by atoms with E-state index in [1.807, 2.05) is 13.8 Å². The number of carbonyl (C=O) groups is 2. The Kier molecular flexibility index (Phi) is 7.54. The largest absolute Gasteiger partial charge is 0.481 e. The van der Waals surface area contributed by atoms with Crippen LogP contribution in [0.25, 0.3) is 0 Å². The van der Waals surface area contributed by atoms with E-state index in [-0.39, 0.29) is 37.7 Å². The van der Waals surface area contributed by atoms with E-state index in [1.165, 1.54) is 6.07 Å². The van der Waals surface area contributed by atoms with Crippen LogP contribution in [-0.2, 0) is 9.59 Å². The number of rotatable bonds is 8. The number of carboxylic acid groups (broad SMARTS) is 1. The van der Waals surface area contributed by atoms with Gasteiger partial charge >= 0.3 is 5.97 Å². The fraction of sp³-hybridized carbons (Fsp3) is 0.619. The molecule has 0 spiro atoms. The molecule has 30 heavy (non-hydrogen) atoms. The highest BCUT2D eigenvalue weighted by atomic mass is 19.1. The lowest BCUT2D eigenvalue weighted by atomic mass is 9.87. The predicted octanol–water partition coefficient (Wildman–Crippen LogP) is 1.83. The number of piperazine rings is 1. The van der Waals surface area contributed by atoms with Crippen molar-refractivity contribution in [1.29, 1.82) is 0 Å². The van der Waals surface area contributed by atoms with E-state index in [0.29, 0.717) is 0 Å². The molecule has 0 unspecified atom stereocenters. The van der Waals surface area contributed by atoms with Gasteiger partial charge in [0, 0.05) is 24.7 Å². The molecule has 9 heteroatoms. The zero-order chi connectivity index (χ0) is 22.8. The van der Waals surface area contributed by atoms with Crippen molar-refractivity contribution in [3.63, 3.8) is 0 Å². The van der Waals surface area contributed by atoms with E-state index >= 15 is 0 Å². The van der Waals surface area contributed by atoms with E-state index in [9.17, 15) is 28.6 Å². The van der Waals surface area contributed by atoms with Crippen LogP contribution in [0.4, 0.5) is 14.5 Å². The van der Waals surface area contributed by atoms with Crippen LogP contribution in [0.5, 0.6) is 0 Å². The molecule has 0 aliphatic carbocycles. The fourth-order valence-corrected chi connectivity index (χ4v) is 3.77. The average molecular weight is 427 g/mol. The molecule has 7 nitrogen and oxygen atoms in total. The highest BCUT2D eigenvalue weighted by Gasteiger charge is 2.41. The van der Waals surface area contributed by atoms with Gasteiger partial charge in [-0.1, -0.05) is 19.9 Å². The quantitative estimate of drug-likeness (QED) is 0.584. The van der Waals surface area contributed by atoms with Gasteiger partial charge in [-0.3, -0.25) is 14.5 Å². The van der Waals surface area contributed by atoms with Crippen molar-refractivity contribution >= 4 is 17.6 Å². The second-order valence-corrected chi connectivity index (χ2v) is 8.90. The van der Waals surface area contributed by atoms with E-state index in [2.05, 4.69) is 0 Å². The van der Waals surface area contributed by atoms with Crippen molar-refractivity contribution in [2.45, 2.75) is 51.8 Å². The Labute approximate surface area is 175 Å². The second kappa shape index (κ2) is 9.36. The summed E-state index contributed by atoms with van der Waals surface area (Å²) in [4.78, 5) is 26.9. The van der Waals surface area contributed by atoms with Crippen molar-refractivity contribution in [3.05, 3.63) is 29.8 Å². The molecule has 0 bridgehead atoms. The van der Waals surface area contributed by atoms with Gasteiger partial charge in [-0.15, -0.1) is 0 Å². The number of carbonyl (C=O) groups excluding carboxylic acids is 1. The van der Waals surface area contributed by atoms with Crippen LogP contribution in [0, 0.1) is 23.5 Å². The number of halogens is 2. The number of aliphatic hydroxyl groups is 1. The lowest BCUT2D eigenvalue weighted by molar-refractivity contribution is -0.144. The van der Waals surface area contributed by atoms with Gasteiger partial charge in [0.15, 0.2) is 0 Å². The summed E-state index contributed by atoms with van der Waals surface area (Å²) in [5.41, 5.74) is 5.08. The second-order valence-electron chi connectivity index (χ2n) is 8.90. The molecule has 0 radical (unpaired) electrons. The number of nitrogens with two attached hydrogens (primary N) is 1. The number of anilines is 1. The third-order valence-electron chi connectivity index (χ3n) is 5.78. The summed E-state index contributed by atoms with van der Waals surface area (Å²) in [6.07, 6.45) is -1.07. The zero-order valence-electron chi connectivity index (χ0n) is 17.8. The molecule has 1 fully saturated rings. The summed E-state index contributed by atoms with van der Waals surface area (Å²) in [5.74, 6) is -4.00. The van der Waals surface area contributed by atoms with E-state index in [4.69, 9.17) is 5.73 Å². The number of carboxylic acids is 1. The van der Waals surface area contributed by atoms with Gasteiger partial charge in [-0.25, -0.2) is 8.78 Å². The number of amides is 1. The molecule has 0 aromatic heterocycles. The summed E-state index contributed by atoms with van der Waals surface area (Å²) in [5, 5.41) is 19.8. The van der Waals surface area contributed by atoms with Gasteiger partial charge in [-0.2, -0.15) is 0 Å². The zero-order valence-corrected chi connectivity index (χ0v) is 17.8. The molecule has 1 aliphatic rings. The number of benzene rings is 1. The summed E-state index contributed by atoms with van der Waals surface area (Å²) in [7, 11) is 0. The van der Waals surface area contributed by atoms with Crippen LogP contribution >= 0.6 is 0 Å². The minimum Gasteiger partial charge on any atom is -0.481 e. The molecule has 0 saturated carbocycles. The normalized spacial score (nSPS) is 20.3. The predicted molar refractivity (Wildman–Crippen MR) is 109 cm³/mol. The lowest BCUT2D eigenvalue weighted by Gasteiger charge is -2.47. The first-order valence-electron chi connectivity index (χ1n) is 10.0. The molecule has 3 atom stereocenters. The SMILES string of the molecule is CC(C)[C@H](C[C@H](O)[C@@H](N)CN1CC(=O)N(c2c(F)cccc2F)CC1(C)C)C(=O)O. The molecular formula is C21H31F2N3O4. The van der Waals surface area contributed by atoms with Gasteiger partial charge in [0.25, 0.3) is 0 Å². The summed E-state index contributed by atoms with van der Waals surface area (Å²) >= 11 is 0. The van der Waals surface area contributed by atoms with Gasteiger partial charge in [0.2, 0.25) is 5.91 Å². The van der Waals surface area contributed by atoms with E-state index in [0.717, 1.165) is 17.0 Å². The van der Waals surface area contributed by atoms with Gasteiger partial charge < -0.3 is 20.8 Å². The molecule has 1 aromatic rings. The molecule has 1 amide bonds. The molecular weight excluding hydrogens is 396 g/mol. The van der Waals surface area contributed by atoms with Crippen LogP contribution in [0.1, 0.15) is 34.1 Å². The van der Waals surface area contributed by atoms with Crippen LogP contribution in [0.2, 0.25) is 0 Å². The number of para-hydroxylation sites is 1. The van der Waals surface area contributed by atoms with Crippen LogP contribution < -0.4 is 10.6 Å². The summed E-state index contributed by atoms with van der Waals surface area (Å²) < 4.78 is 28.4. The third kappa shape index (κ3) is 5.33. The van der Waals surface area contributed by atoms with Gasteiger partial charge in [0.05, 0.1) is 18.6 Å². The smallest absolute Gasteiger partial charge is 0.306 e. The van der Waals surface area contributed by atoms with Crippen LogP contribution in [-0.4, -0.2) is 64.3 Å². The Hall–Kier alpha value is -2.10. The van der Waals surface area contributed by atoms with Gasteiger partial charge in [-0.05, 0) is 38.3 Å². The number of nitrogens with zero attached hydrogens (tertiary/aromatic N) is 2. The Morgan fingerprint density at radius 2 is 1.83 bits per heavy atom. The molecule has 1 aliphatic heterocycles. The topological polar surface area (TPSA) is 107 Å². The Bertz CT molecular complexity index is 767. The fourth-order valence-electron chi connectivity index (χ4n) is 3.77. The molecule has 2 rings (SSSR count). The van der Waals surface area contributed by atoms with Crippen molar-refractivity contribution < 1.29 is 28.6 Å². The third-order valence-corrected chi connectivity index (χ3v) is 5.78. The number of aliphatic hydroxyl groups excluding tert-OH is 1. The maximum Gasteiger partial charge on any atom is 0.306 e. The van der Waals surface area contributed by atoms with E-state index < -0.39 is 47.1 Å². The number of hydrogen-bond acceptors (Lipinski definition) is 5. The first-order valence-corrected chi connectivity index (χ1v) is 10.0. The van der Waals surface area contributed by atoms with Gasteiger partial charge in [0.1, 0.15) is 17.3 Å². The Morgan fingerprint density at radius 3 is 2.33 bits per heavy atom. The van der Waals surface area contributed by atoms with Crippen molar-refractivity contribution in [2.24, 2.45) is 17.6 Å². The lowest BCUT2D eigenvalue weighted by Crippen LogP contribution is -2.64. The molecule has 1 aromatic carbocycles. The summed E-state index contributed by atoms with van der Waals surface area (Å²) in [6, 6.07) is 2.66. The number of hydrogen-bond donors (Lipinski definition) is 3. The highest BCUT2D eigenvalue weighted by Crippen LogP contribution is 2.30. The minimum absolute atomic E-state index is 0.00292. The molecule has 1 heterocycles. The molecule has 168 valence electrons. The number of aliphatic carboxylic acids is 1. The molecule has 4 N–H and O–H groups in total. The monoisotopic (exact) mass is 427 g/mol. The first-order chi connectivity index (χ1) is 13.8. The standard InChI is InChI=1S/C21H31F2N3O4/c1-12(2)13(20(29)30)8-17(27)16(24)9-25-10-18(28)26(11-21(25,3)4)19-14(22)6-5-7-15(19)23/h5-7,12-13,16-17,27H,8-11,24H2,1-4H3,(H,29,30)/t13-,16-,17-/m0/s1. The maximum atomic E-state index is 14.2. The van der Waals surface area contributed by atoms with Crippen molar-refractivity contribution in [2.75, 3.05) is 24.5 Å². The summed E-state index contributed by atoms with van der Waals surface area (Å²) in [6.45, 7) is 7.21. The average Bonchev–Trinajstić information content (AvgIpc) is 2.62. The van der Waals surface area contributed by atoms with Crippen molar-refractivity contribution in [1.82, 2.24) is 4.90 Å². The van der Waals surface area contributed by atoms with Crippen LogP contribution in [0.15, 0.2) is 18.2 Å². The first kappa shape index (κ1) is 24.2. The van der Waals surface area contributed by atoms with Crippen molar-refractivity contribution in [3.8, 4) is 0 Å². The Balaban J connectivity index is 2.11.